The molecule has 1 aliphatic carbocycles. The summed E-state index contributed by atoms with van der Waals surface area (Å²) in [7, 11) is -19.4. The highest BCUT2D eigenvalue weighted by Crippen LogP contribution is 2.48. The second kappa shape index (κ2) is 7.44. The second-order valence-electron chi connectivity index (χ2n) is 6.67. The van der Waals surface area contributed by atoms with Crippen molar-refractivity contribution in [3.63, 3.8) is 0 Å². The standard InChI is InChI=1S/C16H13F3O10S3/c1-9-12(14(21)11-5-3-2-4-10(11)13(9)20)8-15(30(22,23)16(17,18)19)31(24,25)28-6-7-29-32(15,26)27/h2-5H,6-8H2,1H3. The number of fused-ring (bicyclic) bond motifs is 1. The minimum absolute atomic E-state index is 0.175. The Balaban J connectivity index is 2.41. The molecule has 0 atom stereocenters. The van der Waals surface area contributed by atoms with Crippen molar-refractivity contribution in [1.29, 1.82) is 0 Å². The molecule has 16 heteroatoms. The fraction of sp³-hybridized carbons (Fsp3) is 0.375. The third-order valence-corrected chi connectivity index (χ3v) is 13.0. The van der Waals surface area contributed by atoms with E-state index in [9.17, 15) is 48.0 Å². The molecule has 3 rings (SSSR count). The van der Waals surface area contributed by atoms with Crippen molar-refractivity contribution in [2.24, 2.45) is 0 Å². The highest BCUT2D eigenvalue weighted by Gasteiger charge is 2.76. The first-order chi connectivity index (χ1) is 14.5. The van der Waals surface area contributed by atoms with Crippen LogP contribution in [0.1, 0.15) is 34.1 Å². The van der Waals surface area contributed by atoms with Gasteiger partial charge in [-0.05, 0) is 6.92 Å². The third-order valence-electron chi connectivity index (χ3n) is 4.91. The van der Waals surface area contributed by atoms with Crippen molar-refractivity contribution in [2.75, 3.05) is 13.2 Å². The third kappa shape index (κ3) is 3.23. The van der Waals surface area contributed by atoms with Gasteiger partial charge in [0.1, 0.15) is 0 Å². The monoisotopic (exact) mass is 518 g/mol. The van der Waals surface area contributed by atoms with Gasteiger partial charge in [-0.25, -0.2) is 8.42 Å². The Morgan fingerprint density at radius 3 is 1.81 bits per heavy atom. The molecule has 0 radical (unpaired) electrons. The number of sulfone groups is 1. The summed E-state index contributed by atoms with van der Waals surface area (Å²) in [6.45, 7) is -1.29. The zero-order chi connectivity index (χ0) is 24.3. The normalized spacial score (nSPS) is 22.9. The first kappa shape index (κ1) is 24.5. The molecule has 1 aromatic rings. The molecule has 2 aliphatic rings. The van der Waals surface area contributed by atoms with Gasteiger partial charge in [0.25, 0.3) is 9.84 Å². The van der Waals surface area contributed by atoms with E-state index in [-0.39, 0.29) is 11.1 Å². The van der Waals surface area contributed by atoms with Crippen LogP contribution in [0.2, 0.25) is 0 Å². The van der Waals surface area contributed by atoms with E-state index >= 15 is 0 Å². The molecule has 1 fully saturated rings. The quantitative estimate of drug-likeness (QED) is 0.531. The van der Waals surface area contributed by atoms with Gasteiger partial charge in [-0.1, -0.05) is 24.3 Å². The number of rotatable bonds is 3. The van der Waals surface area contributed by atoms with Crippen molar-refractivity contribution < 1.29 is 56.4 Å². The highest BCUT2D eigenvalue weighted by molar-refractivity contribution is 8.23. The van der Waals surface area contributed by atoms with Gasteiger partial charge in [0.2, 0.25) is 0 Å². The summed E-state index contributed by atoms with van der Waals surface area (Å²) < 4.78 is 120. The Kier molecular flexibility index (Phi) is 5.70. The lowest BCUT2D eigenvalue weighted by Crippen LogP contribution is -2.57. The largest absolute Gasteiger partial charge is 0.500 e. The number of hydrogen-bond acceptors (Lipinski definition) is 10. The van der Waals surface area contributed by atoms with E-state index in [2.05, 4.69) is 8.37 Å². The molecule has 0 spiro atoms. The highest BCUT2D eigenvalue weighted by atomic mass is 32.3. The van der Waals surface area contributed by atoms with Crippen LogP contribution in [0.4, 0.5) is 13.2 Å². The average Bonchev–Trinajstić information content (AvgIpc) is 2.77. The molecule has 1 aliphatic heterocycles. The van der Waals surface area contributed by atoms with Crippen molar-refractivity contribution in [1.82, 2.24) is 0 Å². The number of carbonyl (C=O) groups is 2. The van der Waals surface area contributed by atoms with Crippen molar-refractivity contribution in [2.45, 2.75) is 22.3 Å². The van der Waals surface area contributed by atoms with E-state index in [0.717, 1.165) is 13.0 Å². The van der Waals surface area contributed by atoms with Crippen LogP contribution in [-0.4, -0.2) is 59.0 Å². The lowest BCUT2D eigenvalue weighted by molar-refractivity contribution is -0.0444. The number of halogens is 3. The maximum Gasteiger partial charge on any atom is 0.500 e. The molecule has 10 nitrogen and oxygen atoms in total. The Labute approximate surface area is 180 Å². The number of benzene rings is 1. The van der Waals surface area contributed by atoms with Crippen LogP contribution >= 0.6 is 0 Å². The van der Waals surface area contributed by atoms with E-state index in [1.165, 1.54) is 18.2 Å². The molecular weight excluding hydrogens is 505 g/mol. The Morgan fingerprint density at radius 2 is 1.38 bits per heavy atom. The minimum atomic E-state index is -7.16. The van der Waals surface area contributed by atoms with Crippen LogP contribution in [-0.2, 0) is 38.4 Å². The summed E-state index contributed by atoms with van der Waals surface area (Å²) in [5.41, 5.74) is -8.64. The maximum absolute atomic E-state index is 13.6. The number of carbonyl (C=O) groups excluding carboxylic acids is 2. The summed E-state index contributed by atoms with van der Waals surface area (Å²) in [5, 5.41) is 0. The van der Waals surface area contributed by atoms with Gasteiger partial charge in [-0.3, -0.25) is 18.0 Å². The van der Waals surface area contributed by atoms with Crippen LogP contribution in [0, 0.1) is 0 Å². The minimum Gasteiger partial charge on any atom is -0.289 e. The van der Waals surface area contributed by atoms with Gasteiger partial charge in [0.15, 0.2) is 11.6 Å². The van der Waals surface area contributed by atoms with Crippen LogP contribution in [0.25, 0.3) is 0 Å². The van der Waals surface area contributed by atoms with Gasteiger partial charge in [-0.15, -0.1) is 0 Å². The summed E-state index contributed by atoms with van der Waals surface area (Å²) in [6, 6.07) is 4.97. The maximum atomic E-state index is 13.6. The number of hydrogen-bond donors (Lipinski definition) is 0. The molecule has 0 bridgehead atoms. The van der Waals surface area contributed by atoms with E-state index in [4.69, 9.17) is 0 Å². The Bertz CT molecular complexity index is 1330. The zero-order valence-electron chi connectivity index (χ0n) is 15.9. The molecule has 0 saturated carbocycles. The van der Waals surface area contributed by atoms with Crippen molar-refractivity contribution >= 4 is 41.6 Å². The summed E-state index contributed by atoms with van der Waals surface area (Å²) in [4.78, 5) is 25.5. The van der Waals surface area contributed by atoms with Crippen molar-refractivity contribution in [3.8, 4) is 0 Å². The second-order valence-corrected chi connectivity index (χ2v) is 13.3. The van der Waals surface area contributed by atoms with Gasteiger partial charge >= 0.3 is 29.2 Å². The fourth-order valence-corrected chi connectivity index (χ4v) is 9.85. The van der Waals surface area contributed by atoms with Crippen LogP contribution in [0.3, 0.4) is 0 Å². The molecule has 0 unspecified atom stereocenters. The smallest absolute Gasteiger partial charge is 0.289 e. The molecule has 176 valence electrons. The van der Waals surface area contributed by atoms with Crippen molar-refractivity contribution in [3.05, 3.63) is 46.5 Å². The fourth-order valence-electron chi connectivity index (χ4n) is 3.29. The van der Waals surface area contributed by atoms with Gasteiger partial charge in [0.05, 0.1) is 13.2 Å². The van der Waals surface area contributed by atoms with Crippen LogP contribution in [0.5, 0.6) is 0 Å². The molecule has 0 N–H and O–H groups in total. The van der Waals surface area contributed by atoms with E-state index in [1.54, 1.807) is 0 Å². The predicted molar refractivity (Wildman–Crippen MR) is 99.9 cm³/mol. The average molecular weight is 518 g/mol. The summed E-state index contributed by atoms with van der Waals surface area (Å²) >= 11 is 0. The van der Waals surface area contributed by atoms with E-state index in [1.807, 2.05) is 0 Å². The van der Waals surface area contributed by atoms with Gasteiger partial charge < -0.3 is 0 Å². The first-order valence-electron chi connectivity index (χ1n) is 8.49. The van der Waals surface area contributed by atoms with Gasteiger partial charge in [-0.2, -0.15) is 30.0 Å². The zero-order valence-corrected chi connectivity index (χ0v) is 18.3. The van der Waals surface area contributed by atoms with Crippen LogP contribution in [0.15, 0.2) is 35.4 Å². The Morgan fingerprint density at radius 1 is 0.938 bits per heavy atom. The number of alkyl halides is 3. The van der Waals surface area contributed by atoms with Gasteiger partial charge in [0, 0.05) is 28.7 Å². The molecule has 1 aromatic carbocycles. The summed E-state index contributed by atoms with van der Waals surface area (Å²) in [5.74, 6) is -2.15. The Hall–Kier alpha value is -2.14. The first-order valence-corrected chi connectivity index (χ1v) is 12.8. The predicted octanol–water partition coefficient (Wildman–Crippen LogP) is 1.07. The SMILES string of the molecule is CC1=C(CC2(S(=O)(=O)C(F)(F)F)S(=O)(=O)OCCOS2(=O)=O)C(=O)c2ccccc2C1=O. The van der Waals surface area contributed by atoms with E-state index < -0.39 is 81.3 Å². The molecule has 0 aromatic heterocycles. The van der Waals surface area contributed by atoms with E-state index in [0.29, 0.717) is 0 Å². The van der Waals surface area contributed by atoms with Crippen LogP contribution < -0.4 is 0 Å². The molecule has 1 heterocycles. The lowest BCUT2D eigenvalue weighted by atomic mass is 9.83. The molecule has 1 saturated heterocycles. The molecule has 32 heavy (non-hydrogen) atoms. The molecule has 0 amide bonds. The summed E-state index contributed by atoms with van der Waals surface area (Å²) in [6.07, 6.45) is -2.08. The lowest BCUT2D eigenvalue weighted by Gasteiger charge is -2.31. The topological polar surface area (TPSA) is 155 Å². The number of ketones is 2. The number of Topliss-reactive ketones (excluding diaryl/α,β-unsaturated/α-hetero) is 2. The molecular formula is C16H13F3O10S3. The number of allylic oxidation sites excluding steroid dienone is 2.